The first kappa shape index (κ1) is 14.9. The average molecular weight is 229 g/mol. The summed E-state index contributed by atoms with van der Waals surface area (Å²) in [5.74, 6) is -0.592. The molecule has 0 heterocycles. The van der Waals surface area contributed by atoms with Crippen LogP contribution >= 0.6 is 0 Å². The summed E-state index contributed by atoms with van der Waals surface area (Å²) < 4.78 is 0. The number of nitrogens with two attached hydrogens (primary N) is 1. The molecule has 0 aromatic heterocycles. The molecule has 0 aliphatic heterocycles. The molecule has 1 unspecified atom stereocenters. The molecule has 0 radical (unpaired) electrons. The topological polar surface area (TPSA) is 84.2 Å². The largest absolute Gasteiger partial charge is 0.358 e. The zero-order chi connectivity index (χ0) is 12.8. The van der Waals surface area contributed by atoms with Gasteiger partial charge in [0.05, 0.1) is 12.5 Å². The maximum Gasteiger partial charge on any atom is 0.239 e. The van der Waals surface area contributed by atoms with E-state index >= 15 is 0 Å². The highest BCUT2D eigenvalue weighted by molar-refractivity contribution is 5.85. The van der Waals surface area contributed by atoms with Crippen molar-refractivity contribution in [3.8, 4) is 0 Å². The number of rotatable bonds is 5. The quantitative estimate of drug-likeness (QED) is 0.613. The molecule has 0 rings (SSSR count). The van der Waals surface area contributed by atoms with Crippen LogP contribution in [0.15, 0.2) is 0 Å². The predicted octanol–water partition coefficient (Wildman–Crippen LogP) is -0.140. The van der Waals surface area contributed by atoms with Crippen LogP contribution in [0.2, 0.25) is 0 Å². The van der Waals surface area contributed by atoms with Gasteiger partial charge in [-0.25, -0.2) is 0 Å². The first-order valence-electron chi connectivity index (χ1n) is 5.48. The van der Waals surface area contributed by atoms with Gasteiger partial charge in [-0.3, -0.25) is 9.59 Å². The maximum absolute atomic E-state index is 11.7. The van der Waals surface area contributed by atoms with Gasteiger partial charge in [0.2, 0.25) is 11.8 Å². The van der Waals surface area contributed by atoms with E-state index in [-0.39, 0.29) is 29.7 Å². The molecule has 0 fully saturated rings. The molecule has 5 heteroatoms. The third-order valence-electron chi connectivity index (χ3n) is 2.22. The van der Waals surface area contributed by atoms with E-state index in [4.69, 9.17) is 5.73 Å². The Hall–Kier alpha value is -1.10. The third kappa shape index (κ3) is 6.40. The number of likely N-dealkylation sites (N-methyl/N-ethyl adjacent to an activating group) is 1. The summed E-state index contributed by atoms with van der Waals surface area (Å²) in [6.07, 6.45) is 0.711. The molecule has 0 spiro atoms. The highest BCUT2D eigenvalue weighted by atomic mass is 16.2. The van der Waals surface area contributed by atoms with E-state index in [1.807, 2.05) is 0 Å². The first-order chi connectivity index (χ1) is 7.30. The van der Waals surface area contributed by atoms with Gasteiger partial charge < -0.3 is 16.4 Å². The van der Waals surface area contributed by atoms with Crippen LogP contribution in [0.1, 0.15) is 27.2 Å². The second-order valence-corrected chi connectivity index (χ2v) is 5.09. The summed E-state index contributed by atoms with van der Waals surface area (Å²) in [5.41, 5.74) is 5.61. The second kappa shape index (κ2) is 6.48. The highest BCUT2D eigenvalue weighted by Crippen LogP contribution is 2.23. The summed E-state index contributed by atoms with van der Waals surface area (Å²) in [6.45, 7) is 6.48. The monoisotopic (exact) mass is 229 g/mol. The van der Waals surface area contributed by atoms with Crippen LogP contribution in [0.4, 0.5) is 0 Å². The van der Waals surface area contributed by atoms with Gasteiger partial charge in [-0.05, 0) is 11.8 Å². The highest BCUT2D eigenvalue weighted by Gasteiger charge is 2.23. The Balaban J connectivity index is 4.16. The fraction of sp³-hybridized carbons (Fsp3) is 0.818. The van der Waals surface area contributed by atoms with Crippen LogP contribution in [-0.2, 0) is 9.59 Å². The van der Waals surface area contributed by atoms with Crippen LogP contribution in [0.5, 0.6) is 0 Å². The van der Waals surface area contributed by atoms with E-state index in [0.717, 1.165) is 0 Å². The fourth-order valence-corrected chi connectivity index (χ4v) is 1.42. The molecule has 16 heavy (non-hydrogen) atoms. The molecular formula is C11H23N3O2. The van der Waals surface area contributed by atoms with E-state index < -0.39 is 0 Å². The lowest BCUT2D eigenvalue weighted by atomic mass is 9.84. The van der Waals surface area contributed by atoms with Gasteiger partial charge in [-0.1, -0.05) is 20.8 Å². The summed E-state index contributed by atoms with van der Waals surface area (Å²) in [4.78, 5) is 22.7. The SMILES string of the molecule is CNC(=O)CNC(=O)C(CN)CC(C)(C)C. The number of carbonyl (C=O) groups excluding carboxylic acids is 2. The van der Waals surface area contributed by atoms with Crippen LogP contribution in [0.25, 0.3) is 0 Å². The van der Waals surface area contributed by atoms with Crippen LogP contribution in [-0.4, -0.2) is 32.0 Å². The van der Waals surface area contributed by atoms with Gasteiger partial charge >= 0.3 is 0 Å². The number of hydrogen-bond acceptors (Lipinski definition) is 3. The lowest BCUT2D eigenvalue weighted by molar-refractivity contribution is -0.128. The molecule has 0 saturated carbocycles. The number of nitrogens with one attached hydrogen (secondary N) is 2. The van der Waals surface area contributed by atoms with Gasteiger partial charge in [0.25, 0.3) is 0 Å². The van der Waals surface area contributed by atoms with Crippen molar-refractivity contribution in [3.63, 3.8) is 0 Å². The van der Waals surface area contributed by atoms with Gasteiger partial charge in [0.1, 0.15) is 0 Å². The van der Waals surface area contributed by atoms with Gasteiger partial charge in [-0.15, -0.1) is 0 Å². The van der Waals surface area contributed by atoms with Crippen LogP contribution < -0.4 is 16.4 Å². The first-order valence-corrected chi connectivity index (χ1v) is 5.48. The second-order valence-electron chi connectivity index (χ2n) is 5.09. The Morgan fingerprint density at radius 3 is 2.25 bits per heavy atom. The van der Waals surface area contributed by atoms with Crippen molar-refractivity contribution >= 4 is 11.8 Å². The normalized spacial score (nSPS) is 13.1. The zero-order valence-corrected chi connectivity index (χ0v) is 10.6. The van der Waals surface area contributed by atoms with E-state index in [1.165, 1.54) is 7.05 Å². The lowest BCUT2D eigenvalue weighted by Crippen LogP contribution is -2.41. The van der Waals surface area contributed by atoms with E-state index in [2.05, 4.69) is 31.4 Å². The molecule has 5 nitrogen and oxygen atoms in total. The molecule has 4 N–H and O–H groups in total. The fourth-order valence-electron chi connectivity index (χ4n) is 1.42. The number of hydrogen-bond donors (Lipinski definition) is 3. The minimum absolute atomic E-state index is 0.00990. The smallest absolute Gasteiger partial charge is 0.239 e. The van der Waals surface area contributed by atoms with Gasteiger partial charge in [0, 0.05) is 13.6 Å². The third-order valence-corrected chi connectivity index (χ3v) is 2.22. The maximum atomic E-state index is 11.7. The van der Waals surface area contributed by atoms with Crippen LogP contribution in [0, 0.1) is 11.3 Å². The predicted molar refractivity (Wildman–Crippen MR) is 63.7 cm³/mol. The molecule has 0 aliphatic rings. The van der Waals surface area contributed by atoms with Crippen molar-refractivity contribution in [2.45, 2.75) is 27.2 Å². The van der Waals surface area contributed by atoms with Gasteiger partial charge in [-0.2, -0.15) is 0 Å². The Morgan fingerprint density at radius 1 is 1.31 bits per heavy atom. The summed E-state index contributed by atoms with van der Waals surface area (Å²) in [5, 5.41) is 5.02. The van der Waals surface area contributed by atoms with Crippen molar-refractivity contribution < 1.29 is 9.59 Å². The van der Waals surface area contributed by atoms with Crippen molar-refractivity contribution in [3.05, 3.63) is 0 Å². The minimum atomic E-state index is -0.232. The lowest BCUT2D eigenvalue weighted by Gasteiger charge is -2.24. The van der Waals surface area contributed by atoms with Crippen molar-refractivity contribution in [2.75, 3.05) is 20.1 Å². The molecule has 94 valence electrons. The van der Waals surface area contributed by atoms with E-state index in [0.29, 0.717) is 13.0 Å². The molecule has 0 bridgehead atoms. The zero-order valence-electron chi connectivity index (χ0n) is 10.6. The Labute approximate surface area is 97.2 Å². The summed E-state index contributed by atoms with van der Waals surface area (Å²) in [6, 6.07) is 0. The number of amides is 2. The van der Waals surface area contributed by atoms with Gasteiger partial charge in [0.15, 0.2) is 0 Å². The van der Waals surface area contributed by atoms with Crippen molar-refractivity contribution in [1.29, 1.82) is 0 Å². The molecule has 1 atom stereocenters. The average Bonchev–Trinajstić information content (AvgIpc) is 2.20. The molecule has 0 aromatic carbocycles. The Kier molecular flexibility index (Phi) is 6.03. The van der Waals surface area contributed by atoms with Crippen molar-refractivity contribution in [1.82, 2.24) is 10.6 Å². The van der Waals surface area contributed by atoms with E-state index in [1.54, 1.807) is 0 Å². The number of carbonyl (C=O) groups is 2. The minimum Gasteiger partial charge on any atom is -0.358 e. The summed E-state index contributed by atoms with van der Waals surface area (Å²) >= 11 is 0. The Bertz CT molecular complexity index is 246. The molecule has 0 aliphatic carbocycles. The molecule has 0 aromatic rings. The molecular weight excluding hydrogens is 206 g/mol. The standard InChI is InChI=1S/C11H23N3O2/c1-11(2,3)5-8(6-12)10(16)14-7-9(15)13-4/h8H,5-7,12H2,1-4H3,(H,13,15)(H,14,16). The van der Waals surface area contributed by atoms with Crippen LogP contribution in [0.3, 0.4) is 0 Å². The molecule has 2 amide bonds. The van der Waals surface area contributed by atoms with Crippen molar-refractivity contribution in [2.24, 2.45) is 17.1 Å². The summed E-state index contributed by atoms with van der Waals surface area (Å²) in [7, 11) is 1.53. The van der Waals surface area contributed by atoms with E-state index in [9.17, 15) is 9.59 Å². The Morgan fingerprint density at radius 2 is 1.88 bits per heavy atom. The molecule has 0 saturated heterocycles.